The molecule has 0 fully saturated rings. The average molecular weight is 496 g/mol. The second kappa shape index (κ2) is 10.4. The van der Waals surface area contributed by atoms with Gasteiger partial charge in [0.1, 0.15) is 0 Å². The van der Waals surface area contributed by atoms with E-state index in [0.29, 0.717) is 12.0 Å². The molecule has 10 heteroatoms. The van der Waals surface area contributed by atoms with Crippen molar-refractivity contribution >= 4 is 56.4 Å². The standard InChI is InChI=1S/C24H18ClN3O5S/c25-17-14-16(28(31)32)10-11-18(17)27-24(30)23(15-6-2-1-3-7-15)33-22(29)13-12-21-26-19-8-4-5-9-20(19)34-21/h1-11,14,23H,12-13H2,(H,27,30)/t23-/m1/s1. The zero-order chi connectivity index (χ0) is 24.1. The van der Waals surface area contributed by atoms with Crippen molar-refractivity contribution in [2.24, 2.45) is 0 Å². The van der Waals surface area contributed by atoms with E-state index in [4.69, 9.17) is 16.3 Å². The maximum Gasteiger partial charge on any atom is 0.307 e. The SMILES string of the molecule is O=C(CCc1nc2ccccc2s1)O[C@@H](C(=O)Nc1ccc([N+](=O)[O-])cc1Cl)c1ccccc1. The highest BCUT2D eigenvalue weighted by Crippen LogP contribution is 2.29. The third-order valence-electron chi connectivity index (χ3n) is 4.89. The highest BCUT2D eigenvalue weighted by Gasteiger charge is 2.26. The minimum atomic E-state index is -1.23. The molecule has 0 spiro atoms. The highest BCUT2D eigenvalue weighted by molar-refractivity contribution is 7.18. The summed E-state index contributed by atoms with van der Waals surface area (Å²) >= 11 is 7.60. The Balaban J connectivity index is 1.46. The van der Waals surface area contributed by atoms with E-state index in [2.05, 4.69) is 10.3 Å². The van der Waals surface area contributed by atoms with Gasteiger partial charge in [0, 0.05) is 24.1 Å². The molecule has 34 heavy (non-hydrogen) atoms. The van der Waals surface area contributed by atoms with Gasteiger partial charge < -0.3 is 10.1 Å². The number of para-hydroxylation sites is 1. The zero-order valence-corrected chi connectivity index (χ0v) is 19.2. The van der Waals surface area contributed by atoms with E-state index in [1.165, 1.54) is 23.5 Å². The largest absolute Gasteiger partial charge is 0.447 e. The Morgan fingerprint density at radius 3 is 2.53 bits per heavy atom. The number of nitro benzene ring substituents is 1. The monoisotopic (exact) mass is 495 g/mol. The molecule has 3 aromatic carbocycles. The van der Waals surface area contributed by atoms with Crippen molar-refractivity contribution in [1.82, 2.24) is 4.98 Å². The smallest absolute Gasteiger partial charge is 0.307 e. The van der Waals surface area contributed by atoms with Crippen molar-refractivity contribution in [2.75, 3.05) is 5.32 Å². The lowest BCUT2D eigenvalue weighted by atomic mass is 10.1. The van der Waals surface area contributed by atoms with Crippen LogP contribution in [-0.2, 0) is 20.7 Å². The molecule has 1 N–H and O–H groups in total. The summed E-state index contributed by atoms with van der Waals surface area (Å²) < 4.78 is 6.58. The van der Waals surface area contributed by atoms with E-state index in [1.807, 2.05) is 24.3 Å². The van der Waals surface area contributed by atoms with Gasteiger partial charge >= 0.3 is 5.97 Å². The molecule has 1 atom stereocenters. The second-order valence-electron chi connectivity index (χ2n) is 7.27. The van der Waals surface area contributed by atoms with E-state index < -0.39 is 22.9 Å². The summed E-state index contributed by atoms with van der Waals surface area (Å²) in [6, 6.07) is 20.0. The summed E-state index contributed by atoms with van der Waals surface area (Å²) in [5.41, 5.74) is 1.32. The number of anilines is 1. The van der Waals surface area contributed by atoms with Gasteiger partial charge in [0.15, 0.2) is 0 Å². The van der Waals surface area contributed by atoms with Gasteiger partial charge in [-0.1, -0.05) is 54.1 Å². The van der Waals surface area contributed by atoms with Crippen LogP contribution in [0, 0.1) is 10.1 Å². The quantitative estimate of drug-likeness (QED) is 0.190. The summed E-state index contributed by atoms with van der Waals surface area (Å²) in [6.07, 6.45) is -0.792. The van der Waals surface area contributed by atoms with Crippen LogP contribution in [0.4, 0.5) is 11.4 Å². The number of nitrogens with one attached hydrogen (secondary N) is 1. The predicted molar refractivity (Wildman–Crippen MR) is 130 cm³/mol. The van der Waals surface area contributed by atoms with Crippen LogP contribution in [0.1, 0.15) is 23.1 Å². The normalized spacial score (nSPS) is 11.7. The van der Waals surface area contributed by atoms with E-state index in [0.717, 1.165) is 21.3 Å². The Morgan fingerprint density at radius 1 is 1.09 bits per heavy atom. The molecular weight excluding hydrogens is 478 g/mol. The number of esters is 1. The number of ether oxygens (including phenoxy) is 1. The molecule has 1 amide bonds. The van der Waals surface area contributed by atoms with Gasteiger partial charge in [0.25, 0.3) is 11.6 Å². The number of carbonyl (C=O) groups is 2. The summed E-state index contributed by atoms with van der Waals surface area (Å²) in [4.78, 5) is 40.5. The Kier molecular flexibility index (Phi) is 7.15. The van der Waals surface area contributed by atoms with Crippen LogP contribution >= 0.6 is 22.9 Å². The fourth-order valence-corrected chi connectivity index (χ4v) is 4.43. The van der Waals surface area contributed by atoms with E-state index in [1.54, 1.807) is 30.3 Å². The molecule has 1 aromatic heterocycles. The number of hydrogen-bond acceptors (Lipinski definition) is 7. The first-order valence-corrected chi connectivity index (χ1v) is 11.4. The van der Waals surface area contributed by atoms with Crippen molar-refractivity contribution in [1.29, 1.82) is 0 Å². The third-order valence-corrected chi connectivity index (χ3v) is 6.30. The Morgan fingerprint density at radius 2 is 1.82 bits per heavy atom. The molecule has 1 heterocycles. The van der Waals surface area contributed by atoms with Gasteiger partial charge in [-0.2, -0.15) is 0 Å². The first kappa shape index (κ1) is 23.3. The number of nitro groups is 1. The summed E-state index contributed by atoms with van der Waals surface area (Å²) in [5, 5.41) is 14.3. The number of halogens is 1. The van der Waals surface area contributed by atoms with Gasteiger partial charge in [-0.15, -0.1) is 11.3 Å². The molecule has 172 valence electrons. The predicted octanol–water partition coefficient (Wildman–Crippen LogP) is 5.71. The van der Waals surface area contributed by atoms with Gasteiger partial charge in [-0.3, -0.25) is 19.7 Å². The first-order valence-electron chi connectivity index (χ1n) is 10.2. The lowest BCUT2D eigenvalue weighted by molar-refractivity contribution is -0.384. The van der Waals surface area contributed by atoms with Crippen LogP contribution in [0.2, 0.25) is 5.02 Å². The average Bonchev–Trinajstić information content (AvgIpc) is 3.26. The number of thiazole rings is 1. The van der Waals surface area contributed by atoms with Crippen molar-refractivity contribution in [3.63, 3.8) is 0 Å². The molecule has 0 unspecified atom stereocenters. The van der Waals surface area contributed by atoms with Crippen LogP contribution in [0.15, 0.2) is 72.8 Å². The van der Waals surface area contributed by atoms with Crippen LogP contribution in [0.3, 0.4) is 0 Å². The molecule has 0 saturated carbocycles. The molecule has 0 bridgehead atoms. The Bertz CT molecular complexity index is 1330. The lowest BCUT2D eigenvalue weighted by Crippen LogP contribution is -2.26. The van der Waals surface area contributed by atoms with Crippen molar-refractivity contribution in [3.05, 3.63) is 98.5 Å². The number of carbonyl (C=O) groups excluding carboxylic acids is 2. The number of aromatic nitrogens is 1. The second-order valence-corrected chi connectivity index (χ2v) is 8.79. The third kappa shape index (κ3) is 5.56. The van der Waals surface area contributed by atoms with Crippen molar-refractivity contribution < 1.29 is 19.2 Å². The molecule has 8 nitrogen and oxygen atoms in total. The van der Waals surface area contributed by atoms with E-state index in [9.17, 15) is 19.7 Å². The maximum atomic E-state index is 13.0. The summed E-state index contributed by atoms with van der Waals surface area (Å²) in [6.45, 7) is 0. The van der Waals surface area contributed by atoms with Crippen LogP contribution in [0.25, 0.3) is 10.2 Å². The van der Waals surface area contributed by atoms with Crippen LogP contribution in [-0.4, -0.2) is 21.8 Å². The first-order chi connectivity index (χ1) is 16.4. The van der Waals surface area contributed by atoms with Gasteiger partial charge in [0.05, 0.1) is 37.3 Å². The highest BCUT2D eigenvalue weighted by atomic mass is 35.5. The molecule has 0 aliphatic carbocycles. The minimum Gasteiger partial charge on any atom is -0.447 e. The summed E-state index contributed by atoms with van der Waals surface area (Å²) in [5.74, 6) is -1.19. The zero-order valence-electron chi connectivity index (χ0n) is 17.6. The molecule has 0 saturated heterocycles. The number of hydrogen-bond donors (Lipinski definition) is 1. The van der Waals surface area contributed by atoms with Crippen molar-refractivity contribution in [2.45, 2.75) is 18.9 Å². The van der Waals surface area contributed by atoms with E-state index >= 15 is 0 Å². The van der Waals surface area contributed by atoms with Gasteiger partial charge in [-0.25, -0.2) is 4.98 Å². The molecule has 0 aliphatic rings. The number of rotatable bonds is 8. The number of nitrogens with zero attached hydrogens (tertiary/aromatic N) is 2. The molecule has 4 rings (SSSR count). The molecular formula is C24H18ClN3O5S. The minimum absolute atomic E-state index is 0.00322. The van der Waals surface area contributed by atoms with Crippen molar-refractivity contribution in [3.8, 4) is 0 Å². The molecule has 0 radical (unpaired) electrons. The topological polar surface area (TPSA) is 111 Å². The Hall–Kier alpha value is -3.82. The fraction of sp³-hybridized carbons (Fsp3) is 0.125. The Labute approximate surface area is 203 Å². The molecule has 0 aliphatic heterocycles. The van der Waals surface area contributed by atoms with Gasteiger partial charge in [0.2, 0.25) is 6.10 Å². The molecule has 4 aromatic rings. The van der Waals surface area contributed by atoms with Crippen LogP contribution in [0.5, 0.6) is 0 Å². The van der Waals surface area contributed by atoms with E-state index in [-0.39, 0.29) is 22.8 Å². The number of aryl methyl sites for hydroxylation is 1. The number of amides is 1. The van der Waals surface area contributed by atoms with Gasteiger partial charge in [-0.05, 0) is 18.2 Å². The fourth-order valence-electron chi connectivity index (χ4n) is 3.24. The lowest BCUT2D eigenvalue weighted by Gasteiger charge is -2.18. The number of benzene rings is 3. The maximum absolute atomic E-state index is 13.0. The number of non-ortho nitro benzene ring substituents is 1. The summed E-state index contributed by atoms with van der Waals surface area (Å²) in [7, 11) is 0. The van der Waals surface area contributed by atoms with Crippen LogP contribution < -0.4 is 5.32 Å². The number of fused-ring (bicyclic) bond motifs is 1.